The summed E-state index contributed by atoms with van der Waals surface area (Å²) in [6.45, 7) is 2.71. The molecule has 0 bridgehead atoms. The van der Waals surface area contributed by atoms with Crippen molar-refractivity contribution in [2.75, 3.05) is 18.5 Å². The van der Waals surface area contributed by atoms with E-state index in [0.717, 1.165) is 12.8 Å². The smallest absolute Gasteiger partial charge is 0.309 e. The van der Waals surface area contributed by atoms with E-state index in [4.69, 9.17) is 10.4 Å². The number of nitro groups is 1. The minimum absolute atomic E-state index is 0.0502. The Bertz CT molecular complexity index is 491. The first kappa shape index (κ1) is 15.9. The number of hydrogen-bond acceptors (Lipinski definition) is 5. The third kappa shape index (κ3) is 4.21. The summed E-state index contributed by atoms with van der Waals surface area (Å²) >= 11 is 0. The van der Waals surface area contributed by atoms with Crippen molar-refractivity contribution in [3.63, 3.8) is 0 Å². The van der Waals surface area contributed by atoms with Crippen LogP contribution in [0.2, 0.25) is 0 Å². The van der Waals surface area contributed by atoms with E-state index in [2.05, 4.69) is 12.2 Å². The second-order valence-electron chi connectivity index (χ2n) is 4.62. The van der Waals surface area contributed by atoms with Crippen LogP contribution in [0.15, 0.2) is 18.2 Å². The molecule has 1 atom stereocenters. The summed E-state index contributed by atoms with van der Waals surface area (Å²) in [7, 11) is 0. The van der Waals surface area contributed by atoms with Gasteiger partial charge in [0.05, 0.1) is 4.92 Å². The number of hydrogen-bond donors (Lipinski definition) is 2. The molecule has 2 N–H and O–H groups in total. The van der Waals surface area contributed by atoms with Crippen molar-refractivity contribution in [3.8, 4) is 6.07 Å². The van der Waals surface area contributed by atoms with Gasteiger partial charge in [-0.3, -0.25) is 10.1 Å². The Kier molecular flexibility index (Phi) is 6.47. The van der Waals surface area contributed by atoms with Gasteiger partial charge in [-0.05, 0) is 30.9 Å². The highest BCUT2D eigenvalue weighted by Crippen LogP contribution is 2.28. The van der Waals surface area contributed by atoms with Crippen molar-refractivity contribution >= 4 is 11.4 Å². The molecule has 108 valence electrons. The fraction of sp³-hybridized carbons (Fsp3) is 0.500. The average molecular weight is 277 g/mol. The van der Waals surface area contributed by atoms with Gasteiger partial charge in [0.1, 0.15) is 17.3 Å². The number of nitro benzene ring substituents is 1. The van der Waals surface area contributed by atoms with Gasteiger partial charge in [0.2, 0.25) is 0 Å². The lowest BCUT2D eigenvalue weighted by Crippen LogP contribution is -2.16. The zero-order valence-corrected chi connectivity index (χ0v) is 11.5. The lowest BCUT2D eigenvalue weighted by Gasteiger charge is -2.16. The van der Waals surface area contributed by atoms with E-state index in [1.807, 2.05) is 6.07 Å². The van der Waals surface area contributed by atoms with E-state index in [1.165, 1.54) is 6.07 Å². The van der Waals surface area contributed by atoms with Crippen LogP contribution in [0.25, 0.3) is 0 Å². The van der Waals surface area contributed by atoms with E-state index < -0.39 is 4.92 Å². The maximum Gasteiger partial charge on any atom is 0.309 e. The predicted molar refractivity (Wildman–Crippen MR) is 76.4 cm³/mol. The number of nitrogens with one attached hydrogen (secondary N) is 1. The second kappa shape index (κ2) is 8.12. The highest BCUT2D eigenvalue weighted by Gasteiger charge is 2.20. The van der Waals surface area contributed by atoms with Crippen molar-refractivity contribution in [1.82, 2.24) is 0 Å². The third-order valence-corrected chi connectivity index (χ3v) is 3.15. The third-order valence-electron chi connectivity index (χ3n) is 3.15. The molecule has 0 amide bonds. The lowest BCUT2D eigenvalue weighted by atomic mass is 10.00. The predicted octanol–water partition coefficient (Wildman–Crippen LogP) is 2.68. The molecule has 0 aliphatic carbocycles. The molecule has 0 heterocycles. The van der Waals surface area contributed by atoms with Crippen LogP contribution < -0.4 is 5.32 Å². The van der Waals surface area contributed by atoms with Gasteiger partial charge in [-0.15, -0.1) is 0 Å². The van der Waals surface area contributed by atoms with Crippen molar-refractivity contribution in [2.24, 2.45) is 5.92 Å². The molecule has 0 radical (unpaired) electrons. The topological polar surface area (TPSA) is 99.2 Å². The largest absolute Gasteiger partial charge is 0.396 e. The quantitative estimate of drug-likeness (QED) is 0.562. The number of nitriles is 1. The fourth-order valence-corrected chi connectivity index (χ4v) is 2.17. The normalized spacial score (nSPS) is 11.7. The summed E-state index contributed by atoms with van der Waals surface area (Å²) in [6, 6.07) is 6.48. The molecular weight excluding hydrogens is 258 g/mol. The molecule has 0 saturated carbocycles. The number of rotatable bonds is 8. The number of aliphatic hydroxyl groups excluding tert-OH is 1. The highest BCUT2D eigenvalue weighted by molar-refractivity contribution is 5.68. The van der Waals surface area contributed by atoms with Gasteiger partial charge in [0.15, 0.2) is 0 Å². The lowest BCUT2D eigenvalue weighted by molar-refractivity contribution is -0.384. The standard InChI is InChI=1S/C14H19N3O3/c1-2-4-11(7-8-18)10-16-13-6-3-5-12(9-15)14(13)17(19)20/h3,5-6,11,16,18H,2,4,7-8,10H2,1H3. The Balaban J connectivity index is 2.87. The number of aliphatic hydroxyl groups is 1. The Morgan fingerprint density at radius 3 is 2.80 bits per heavy atom. The van der Waals surface area contributed by atoms with Gasteiger partial charge in [-0.1, -0.05) is 19.4 Å². The van der Waals surface area contributed by atoms with Crippen LogP contribution in [0.1, 0.15) is 31.7 Å². The van der Waals surface area contributed by atoms with Crippen LogP contribution in [0.5, 0.6) is 0 Å². The van der Waals surface area contributed by atoms with E-state index in [9.17, 15) is 10.1 Å². The summed E-state index contributed by atoms with van der Waals surface area (Å²) in [4.78, 5) is 10.5. The second-order valence-corrected chi connectivity index (χ2v) is 4.62. The maximum atomic E-state index is 11.1. The molecule has 0 aromatic heterocycles. The van der Waals surface area contributed by atoms with Crippen molar-refractivity contribution in [1.29, 1.82) is 5.26 Å². The first-order valence-electron chi connectivity index (χ1n) is 6.66. The van der Waals surface area contributed by atoms with Gasteiger partial charge in [-0.25, -0.2) is 0 Å². The molecule has 0 spiro atoms. The number of nitrogens with zero attached hydrogens (tertiary/aromatic N) is 2. The summed E-state index contributed by atoms with van der Waals surface area (Å²) in [5.41, 5.74) is 0.219. The summed E-state index contributed by atoms with van der Waals surface area (Å²) in [5, 5.41) is 32.0. The van der Waals surface area contributed by atoms with Crippen molar-refractivity contribution < 1.29 is 10.0 Å². The first-order chi connectivity index (χ1) is 9.63. The number of benzene rings is 1. The Morgan fingerprint density at radius 1 is 1.50 bits per heavy atom. The van der Waals surface area contributed by atoms with Crippen LogP contribution in [-0.4, -0.2) is 23.2 Å². The summed E-state index contributed by atoms with van der Waals surface area (Å²) < 4.78 is 0. The molecule has 20 heavy (non-hydrogen) atoms. The van der Waals surface area contributed by atoms with Gasteiger partial charge in [0, 0.05) is 13.2 Å². The Morgan fingerprint density at radius 2 is 2.25 bits per heavy atom. The molecular formula is C14H19N3O3. The van der Waals surface area contributed by atoms with Gasteiger partial charge < -0.3 is 10.4 Å². The van der Waals surface area contributed by atoms with Crippen LogP contribution in [0, 0.1) is 27.4 Å². The van der Waals surface area contributed by atoms with E-state index in [1.54, 1.807) is 12.1 Å². The van der Waals surface area contributed by atoms with E-state index in [-0.39, 0.29) is 23.8 Å². The molecule has 1 unspecified atom stereocenters. The van der Waals surface area contributed by atoms with Crippen LogP contribution in [0.3, 0.4) is 0 Å². The van der Waals surface area contributed by atoms with Crippen molar-refractivity contribution in [2.45, 2.75) is 26.2 Å². The van der Waals surface area contributed by atoms with Gasteiger partial charge in [-0.2, -0.15) is 5.26 Å². The first-order valence-corrected chi connectivity index (χ1v) is 6.66. The summed E-state index contributed by atoms with van der Waals surface area (Å²) in [6.07, 6.45) is 2.60. The van der Waals surface area contributed by atoms with Crippen LogP contribution in [-0.2, 0) is 0 Å². The van der Waals surface area contributed by atoms with Crippen LogP contribution >= 0.6 is 0 Å². The molecule has 1 aromatic carbocycles. The van der Waals surface area contributed by atoms with Gasteiger partial charge in [0.25, 0.3) is 0 Å². The molecule has 0 fully saturated rings. The SMILES string of the molecule is CCCC(CCO)CNc1cccc(C#N)c1[N+](=O)[O-]. The fourth-order valence-electron chi connectivity index (χ4n) is 2.17. The molecule has 0 saturated heterocycles. The van der Waals surface area contributed by atoms with Crippen LogP contribution in [0.4, 0.5) is 11.4 Å². The maximum absolute atomic E-state index is 11.1. The Labute approximate surface area is 118 Å². The molecule has 0 aliphatic heterocycles. The highest BCUT2D eigenvalue weighted by atomic mass is 16.6. The van der Waals surface area contributed by atoms with Crippen molar-refractivity contribution in [3.05, 3.63) is 33.9 Å². The van der Waals surface area contributed by atoms with E-state index in [0.29, 0.717) is 18.7 Å². The van der Waals surface area contributed by atoms with E-state index >= 15 is 0 Å². The molecule has 0 aliphatic rings. The minimum atomic E-state index is -0.540. The zero-order chi connectivity index (χ0) is 15.0. The monoisotopic (exact) mass is 277 g/mol. The minimum Gasteiger partial charge on any atom is -0.396 e. The zero-order valence-electron chi connectivity index (χ0n) is 11.5. The average Bonchev–Trinajstić information content (AvgIpc) is 2.44. The number of para-hydroxylation sites is 1. The van der Waals surface area contributed by atoms with Gasteiger partial charge >= 0.3 is 5.69 Å². The molecule has 6 nitrogen and oxygen atoms in total. The Hall–Kier alpha value is -2.13. The molecule has 6 heteroatoms. The number of anilines is 1. The molecule has 1 aromatic rings. The summed E-state index contributed by atoms with van der Waals surface area (Å²) in [5.74, 6) is 0.260. The molecule has 1 rings (SSSR count).